The summed E-state index contributed by atoms with van der Waals surface area (Å²) in [5.41, 5.74) is 1.32. The van der Waals surface area contributed by atoms with Crippen molar-refractivity contribution in [2.75, 3.05) is 18.8 Å². The summed E-state index contributed by atoms with van der Waals surface area (Å²) in [5, 5.41) is 7.08. The molecule has 1 aromatic carbocycles. The summed E-state index contributed by atoms with van der Waals surface area (Å²) in [5.74, 6) is 0.459. The number of hydrogen-bond donors (Lipinski definition) is 1. The quantitative estimate of drug-likeness (QED) is 0.523. The van der Waals surface area contributed by atoms with Gasteiger partial charge in [-0.1, -0.05) is 42.1 Å². The van der Waals surface area contributed by atoms with Crippen LogP contribution in [0.25, 0.3) is 10.2 Å². The van der Waals surface area contributed by atoms with Crippen molar-refractivity contribution in [1.82, 2.24) is 20.2 Å². The Morgan fingerprint density at radius 1 is 1.27 bits per heavy atom. The molecule has 1 fully saturated rings. The van der Waals surface area contributed by atoms with E-state index in [9.17, 15) is 4.79 Å². The van der Waals surface area contributed by atoms with E-state index in [4.69, 9.17) is 0 Å². The number of carbonyl (C=O) groups is 1. The second kappa shape index (κ2) is 8.16. The number of carbonyl (C=O) groups excluding carboxylic acids is 1. The van der Waals surface area contributed by atoms with Crippen LogP contribution in [0.4, 0.5) is 0 Å². The highest BCUT2D eigenvalue weighted by molar-refractivity contribution is 8.00. The first-order chi connectivity index (χ1) is 12.8. The number of benzene rings is 1. The molecule has 4 rings (SSSR count). The molecule has 0 aliphatic carbocycles. The molecular formula is C19H20N4OS2. The summed E-state index contributed by atoms with van der Waals surface area (Å²) in [6, 6.07) is 12.7. The third-order valence-corrected chi connectivity index (χ3v) is 6.28. The number of nitrogens with zero attached hydrogens (tertiary/aromatic N) is 3. The lowest BCUT2D eigenvalue weighted by molar-refractivity contribution is -0.119. The molecule has 7 heteroatoms. The van der Waals surface area contributed by atoms with E-state index in [-0.39, 0.29) is 11.9 Å². The smallest absolute Gasteiger partial charge is 0.230 e. The highest BCUT2D eigenvalue weighted by Crippen LogP contribution is 2.27. The van der Waals surface area contributed by atoms with Crippen molar-refractivity contribution in [2.24, 2.45) is 0 Å². The van der Waals surface area contributed by atoms with E-state index in [1.165, 1.54) is 17.3 Å². The number of aromatic nitrogens is 2. The van der Waals surface area contributed by atoms with Gasteiger partial charge in [0.2, 0.25) is 5.91 Å². The number of rotatable bonds is 6. The van der Waals surface area contributed by atoms with Crippen molar-refractivity contribution in [3.63, 3.8) is 0 Å². The van der Waals surface area contributed by atoms with Crippen LogP contribution in [0.1, 0.15) is 12.0 Å². The van der Waals surface area contributed by atoms with Crippen LogP contribution in [-0.2, 0) is 11.3 Å². The van der Waals surface area contributed by atoms with E-state index in [0.29, 0.717) is 5.75 Å². The molecule has 1 saturated heterocycles. The first-order valence-corrected chi connectivity index (χ1v) is 10.5. The van der Waals surface area contributed by atoms with Crippen LogP contribution in [0.2, 0.25) is 0 Å². The highest BCUT2D eigenvalue weighted by atomic mass is 32.2. The molecule has 3 heterocycles. The first kappa shape index (κ1) is 17.5. The van der Waals surface area contributed by atoms with Gasteiger partial charge in [0.1, 0.15) is 16.2 Å². The van der Waals surface area contributed by atoms with Crippen LogP contribution in [0.15, 0.2) is 53.1 Å². The number of fused-ring (bicyclic) bond motifs is 1. The van der Waals surface area contributed by atoms with Crippen molar-refractivity contribution in [3.05, 3.63) is 53.7 Å². The Morgan fingerprint density at radius 2 is 2.15 bits per heavy atom. The van der Waals surface area contributed by atoms with Gasteiger partial charge < -0.3 is 5.32 Å². The van der Waals surface area contributed by atoms with E-state index >= 15 is 0 Å². The van der Waals surface area contributed by atoms with Crippen molar-refractivity contribution in [3.8, 4) is 0 Å². The number of likely N-dealkylation sites (tertiary alicyclic amines) is 1. The SMILES string of the molecule is O=C(CSc1ncnc2sccc12)N[C@@H]1CCN(Cc2ccccc2)C1. The fourth-order valence-electron chi connectivity index (χ4n) is 3.22. The van der Waals surface area contributed by atoms with E-state index in [1.807, 2.05) is 17.5 Å². The maximum atomic E-state index is 12.3. The summed E-state index contributed by atoms with van der Waals surface area (Å²) in [6.07, 6.45) is 2.57. The number of amides is 1. The van der Waals surface area contributed by atoms with Crippen molar-refractivity contribution < 1.29 is 4.79 Å². The Bertz CT molecular complexity index is 883. The van der Waals surface area contributed by atoms with E-state index in [0.717, 1.165) is 41.3 Å². The molecule has 2 aromatic heterocycles. The number of thiophene rings is 1. The number of thioether (sulfide) groups is 1. The summed E-state index contributed by atoms with van der Waals surface area (Å²) < 4.78 is 0. The molecule has 1 aliphatic rings. The lowest BCUT2D eigenvalue weighted by atomic mass is 10.2. The van der Waals surface area contributed by atoms with Gasteiger partial charge in [-0.3, -0.25) is 9.69 Å². The zero-order valence-corrected chi connectivity index (χ0v) is 15.9. The van der Waals surface area contributed by atoms with Gasteiger partial charge in [0, 0.05) is 31.1 Å². The number of hydrogen-bond acceptors (Lipinski definition) is 6. The van der Waals surface area contributed by atoms with Crippen LogP contribution in [0.5, 0.6) is 0 Å². The van der Waals surface area contributed by atoms with Gasteiger partial charge >= 0.3 is 0 Å². The summed E-state index contributed by atoms with van der Waals surface area (Å²) in [6.45, 7) is 2.88. The van der Waals surface area contributed by atoms with Crippen molar-refractivity contribution >= 4 is 39.2 Å². The third kappa shape index (κ3) is 4.23. The second-order valence-electron chi connectivity index (χ2n) is 6.38. The van der Waals surface area contributed by atoms with E-state index in [2.05, 4.69) is 44.5 Å². The zero-order valence-electron chi connectivity index (χ0n) is 14.3. The fraction of sp³-hybridized carbons (Fsp3) is 0.316. The maximum absolute atomic E-state index is 12.3. The Hall–Kier alpha value is -1.96. The van der Waals surface area contributed by atoms with Gasteiger partial charge in [-0.25, -0.2) is 9.97 Å². The predicted octanol–water partition coefficient (Wildman–Crippen LogP) is 3.17. The van der Waals surface area contributed by atoms with Crippen molar-refractivity contribution in [1.29, 1.82) is 0 Å². The Kier molecular flexibility index (Phi) is 5.48. The molecule has 1 N–H and O–H groups in total. The van der Waals surface area contributed by atoms with Crippen LogP contribution in [-0.4, -0.2) is 45.7 Å². The standard InChI is InChI=1S/C19H20N4OS2/c24-17(12-26-19-16-7-9-25-18(16)20-13-21-19)22-15-6-8-23(11-15)10-14-4-2-1-3-5-14/h1-5,7,9,13,15H,6,8,10-12H2,(H,22,24)/t15-/m1/s1. The molecule has 5 nitrogen and oxygen atoms in total. The van der Waals surface area contributed by atoms with Crippen LogP contribution in [0, 0.1) is 0 Å². The Balaban J connectivity index is 1.26. The maximum Gasteiger partial charge on any atom is 0.230 e. The van der Waals surface area contributed by atoms with Gasteiger partial charge in [-0.2, -0.15) is 0 Å². The highest BCUT2D eigenvalue weighted by Gasteiger charge is 2.23. The molecule has 0 radical (unpaired) electrons. The number of nitrogens with one attached hydrogen (secondary N) is 1. The van der Waals surface area contributed by atoms with Crippen molar-refractivity contribution in [2.45, 2.75) is 24.0 Å². The molecule has 26 heavy (non-hydrogen) atoms. The average molecular weight is 385 g/mol. The molecule has 0 spiro atoms. The lowest BCUT2D eigenvalue weighted by Gasteiger charge is -2.16. The minimum Gasteiger partial charge on any atom is -0.351 e. The molecule has 1 aliphatic heterocycles. The van der Waals surface area contributed by atoms with Gasteiger partial charge in [0.25, 0.3) is 0 Å². The van der Waals surface area contributed by atoms with Gasteiger partial charge in [-0.05, 0) is 23.4 Å². The zero-order chi connectivity index (χ0) is 17.8. The van der Waals surface area contributed by atoms with Gasteiger partial charge in [0.05, 0.1) is 5.75 Å². The fourth-order valence-corrected chi connectivity index (χ4v) is 4.81. The molecule has 0 unspecified atom stereocenters. The minimum absolute atomic E-state index is 0.0727. The second-order valence-corrected chi connectivity index (χ2v) is 8.24. The normalized spacial score (nSPS) is 17.6. The molecule has 0 saturated carbocycles. The molecule has 1 amide bonds. The van der Waals surface area contributed by atoms with E-state index < -0.39 is 0 Å². The molecule has 0 bridgehead atoms. The Labute approximate surface area is 160 Å². The molecule has 134 valence electrons. The predicted molar refractivity (Wildman–Crippen MR) is 106 cm³/mol. The topological polar surface area (TPSA) is 58.1 Å². The summed E-state index contributed by atoms with van der Waals surface area (Å²) in [7, 11) is 0. The van der Waals surface area contributed by atoms with E-state index in [1.54, 1.807) is 17.7 Å². The van der Waals surface area contributed by atoms with Gasteiger partial charge in [-0.15, -0.1) is 11.3 Å². The van der Waals surface area contributed by atoms with Crippen LogP contribution in [0.3, 0.4) is 0 Å². The monoisotopic (exact) mass is 384 g/mol. The largest absolute Gasteiger partial charge is 0.351 e. The molecular weight excluding hydrogens is 364 g/mol. The lowest BCUT2D eigenvalue weighted by Crippen LogP contribution is -2.38. The molecule has 1 atom stereocenters. The third-order valence-electron chi connectivity index (χ3n) is 4.45. The molecule has 3 aromatic rings. The summed E-state index contributed by atoms with van der Waals surface area (Å²) in [4.78, 5) is 24.2. The first-order valence-electron chi connectivity index (χ1n) is 8.64. The van der Waals surface area contributed by atoms with Crippen LogP contribution < -0.4 is 5.32 Å². The average Bonchev–Trinajstić information content (AvgIpc) is 3.30. The van der Waals surface area contributed by atoms with Gasteiger partial charge in [0.15, 0.2) is 0 Å². The Morgan fingerprint density at radius 3 is 3.04 bits per heavy atom. The minimum atomic E-state index is 0.0727. The van der Waals surface area contributed by atoms with Crippen LogP contribution >= 0.6 is 23.1 Å². The summed E-state index contributed by atoms with van der Waals surface area (Å²) >= 11 is 3.07.